The van der Waals surface area contributed by atoms with E-state index in [1.807, 2.05) is 19.1 Å². The van der Waals surface area contributed by atoms with Crippen molar-refractivity contribution in [3.63, 3.8) is 0 Å². The first kappa shape index (κ1) is 19.0. The van der Waals surface area contributed by atoms with Crippen LogP contribution in [0.4, 0.5) is 17.3 Å². The number of hydrogen-bond acceptors (Lipinski definition) is 6. The fraction of sp³-hybridized carbons (Fsp3) is 0.118. The van der Waals surface area contributed by atoms with Crippen LogP contribution in [0.15, 0.2) is 48.5 Å². The molecule has 0 amide bonds. The molecule has 0 spiro atoms. The minimum atomic E-state index is -3.81. The summed E-state index contributed by atoms with van der Waals surface area (Å²) in [7, 11) is -3.81. The van der Waals surface area contributed by atoms with Crippen molar-refractivity contribution in [3.8, 4) is 11.4 Å². The molecule has 4 N–H and O–H groups in total. The van der Waals surface area contributed by atoms with E-state index in [9.17, 15) is 8.42 Å². The van der Waals surface area contributed by atoms with Crippen molar-refractivity contribution in [2.24, 2.45) is 5.14 Å². The Balaban J connectivity index is 1.87. The standard InChI is InChI=1S/C17H17ClN6O2S/c1-2-15-21-16(11-4-3-5-12(18)10-11)23-17(22-15)20-13-6-8-14(9-7-13)24-27(19,25)26/h3-10,24H,2H2,1H3,(H2,19,25,26)(H,20,21,22,23). The van der Waals surface area contributed by atoms with Crippen LogP contribution in [-0.4, -0.2) is 23.4 Å². The van der Waals surface area contributed by atoms with E-state index in [1.165, 1.54) is 0 Å². The van der Waals surface area contributed by atoms with Gasteiger partial charge in [-0.15, -0.1) is 0 Å². The second kappa shape index (κ2) is 7.87. The van der Waals surface area contributed by atoms with E-state index >= 15 is 0 Å². The molecule has 0 bridgehead atoms. The van der Waals surface area contributed by atoms with Crippen molar-refractivity contribution >= 4 is 39.1 Å². The maximum Gasteiger partial charge on any atom is 0.296 e. The van der Waals surface area contributed by atoms with E-state index in [4.69, 9.17) is 16.7 Å². The number of hydrogen-bond donors (Lipinski definition) is 3. The zero-order valence-corrected chi connectivity index (χ0v) is 15.9. The smallest absolute Gasteiger partial charge is 0.296 e. The highest BCUT2D eigenvalue weighted by atomic mass is 35.5. The van der Waals surface area contributed by atoms with Gasteiger partial charge in [-0.3, -0.25) is 4.72 Å². The molecule has 0 saturated carbocycles. The van der Waals surface area contributed by atoms with Crippen LogP contribution in [-0.2, 0) is 16.6 Å². The van der Waals surface area contributed by atoms with E-state index in [1.54, 1.807) is 36.4 Å². The van der Waals surface area contributed by atoms with Gasteiger partial charge in [0.05, 0.1) is 0 Å². The molecule has 0 atom stereocenters. The molecule has 27 heavy (non-hydrogen) atoms. The Morgan fingerprint density at radius 2 is 1.74 bits per heavy atom. The molecule has 0 aliphatic carbocycles. The number of benzene rings is 2. The minimum Gasteiger partial charge on any atom is -0.324 e. The van der Waals surface area contributed by atoms with Crippen molar-refractivity contribution in [2.45, 2.75) is 13.3 Å². The van der Waals surface area contributed by atoms with Crippen LogP contribution in [0.3, 0.4) is 0 Å². The summed E-state index contributed by atoms with van der Waals surface area (Å²) in [5.74, 6) is 1.53. The first-order valence-corrected chi connectivity index (χ1v) is 9.93. The molecule has 3 rings (SSSR count). The molecule has 1 aromatic heterocycles. The first-order chi connectivity index (χ1) is 12.8. The predicted molar refractivity (Wildman–Crippen MR) is 106 cm³/mol. The van der Waals surface area contributed by atoms with Gasteiger partial charge < -0.3 is 5.32 Å². The summed E-state index contributed by atoms with van der Waals surface area (Å²) in [6.07, 6.45) is 0.641. The third-order valence-corrected chi connectivity index (χ3v) is 4.24. The Morgan fingerprint density at radius 3 is 2.37 bits per heavy atom. The second-order valence-electron chi connectivity index (χ2n) is 5.61. The Labute approximate surface area is 162 Å². The molecule has 0 aliphatic heterocycles. The summed E-state index contributed by atoms with van der Waals surface area (Å²) >= 11 is 6.05. The summed E-state index contributed by atoms with van der Waals surface area (Å²) in [5.41, 5.74) is 1.82. The van der Waals surface area contributed by atoms with Gasteiger partial charge in [0.1, 0.15) is 5.82 Å². The molecule has 0 radical (unpaired) electrons. The second-order valence-corrected chi connectivity index (χ2v) is 7.34. The van der Waals surface area contributed by atoms with Crippen molar-refractivity contribution < 1.29 is 8.42 Å². The third-order valence-electron chi connectivity index (χ3n) is 3.48. The Kier molecular flexibility index (Phi) is 5.54. The van der Waals surface area contributed by atoms with Gasteiger partial charge in [0.15, 0.2) is 5.82 Å². The molecule has 8 nitrogen and oxygen atoms in total. The number of nitrogens with one attached hydrogen (secondary N) is 2. The molecule has 0 fully saturated rings. The number of halogens is 1. The van der Waals surface area contributed by atoms with Crippen LogP contribution < -0.4 is 15.2 Å². The first-order valence-electron chi connectivity index (χ1n) is 8.01. The maximum atomic E-state index is 11.1. The fourth-order valence-electron chi connectivity index (χ4n) is 2.31. The topological polar surface area (TPSA) is 123 Å². The van der Waals surface area contributed by atoms with Gasteiger partial charge in [-0.25, -0.2) is 10.1 Å². The lowest BCUT2D eigenvalue weighted by atomic mass is 10.2. The molecule has 0 saturated heterocycles. The van der Waals surface area contributed by atoms with Gasteiger partial charge in [-0.05, 0) is 36.4 Å². The lowest BCUT2D eigenvalue weighted by Crippen LogP contribution is -2.21. The quantitative estimate of drug-likeness (QED) is 0.580. The molecule has 2 aromatic carbocycles. The predicted octanol–water partition coefficient (Wildman–Crippen LogP) is 3.11. The lowest BCUT2D eigenvalue weighted by molar-refractivity contribution is 0.603. The highest BCUT2D eigenvalue weighted by Gasteiger charge is 2.09. The van der Waals surface area contributed by atoms with Gasteiger partial charge in [-0.2, -0.15) is 18.4 Å². The number of anilines is 3. The molecule has 3 aromatic rings. The molecular weight excluding hydrogens is 388 g/mol. The SMILES string of the molecule is CCc1nc(Nc2ccc(NS(N)(=O)=O)cc2)nc(-c2cccc(Cl)c2)n1. The van der Waals surface area contributed by atoms with Crippen LogP contribution >= 0.6 is 11.6 Å². The van der Waals surface area contributed by atoms with Gasteiger partial charge in [0.25, 0.3) is 10.2 Å². The van der Waals surface area contributed by atoms with Gasteiger partial charge in [-0.1, -0.05) is 30.7 Å². The van der Waals surface area contributed by atoms with Crippen LogP contribution in [0.1, 0.15) is 12.7 Å². The summed E-state index contributed by atoms with van der Waals surface area (Å²) in [6, 6.07) is 13.8. The lowest BCUT2D eigenvalue weighted by Gasteiger charge is -2.10. The van der Waals surface area contributed by atoms with Crippen molar-refractivity contribution in [3.05, 3.63) is 59.4 Å². The number of rotatable bonds is 6. The van der Waals surface area contributed by atoms with E-state index in [0.717, 1.165) is 5.56 Å². The van der Waals surface area contributed by atoms with E-state index < -0.39 is 10.2 Å². The summed E-state index contributed by atoms with van der Waals surface area (Å²) < 4.78 is 24.3. The molecule has 0 unspecified atom stereocenters. The van der Waals surface area contributed by atoms with Crippen LogP contribution in [0, 0.1) is 0 Å². The summed E-state index contributed by atoms with van der Waals surface area (Å²) in [6.45, 7) is 1.95. The summed E-state index contributed by atoms with van der Waals surface area (Å²) in [5, 5.41) is 8.64. The zero-order valence-electron chi connectivity index (χ0n) is 14.3. The minimum absolute atomic E-state index is 0.354. The van der Waals surface area contributed by atoms with Gasteiger partial charge in [0.2, 0.25) is 5.95 Å². The van der Waals surface area contributed by atoms with E-state index in [0.29, 0.717) is 40.4 Å². The number of nitrogens with zero attached hydrogens (tertiary/aromatic N) is 3. The van der Waals surface area contributed by atoms with Crippen molar-refractivity contribution in [1.82, 2.24) is 15.0 Å². The molecule has 140 valence electrons. The van der Waals surface area contributed by atoms with Gasteiger partial charge in [0, 0.05) is 28.4 Å². The molecular formula is C17H17ClN6O2S. The number of aryl methyl sites for hydroxylation is 1. The van der Waals surface area contributed by atoms with Crippen LogP contribution in [0.25, 0.3) is 11.4 Å². The average Bonchev–Trinajstić information content (AvgIpc) is 2.62. The third kappa shape index (κ3) is 5.36. The monoisotopic (exact) mass is 404 g/mol. The maximum absolute atomic E-state index is 11.1. The van der Waals surface area contributed by atoms with Crippen molar-refractivity contribution in [1.29, 1.82) is 0 Å². The van der Waals surface area contributed by atoms with Crippen LogP contribution in [0.5, 0.6) is 0 Å². The largest absolute Gasteiger partial charge is 0.324 e. The van der Waals surface area contributed by atoms with Gasteiger partial charge >= 0.3 is 0 Å². The van der Waals surface area contributed by atoms with E-state index in [2.05, 4.69) is 25.0 Å². The molecule has 0 aliphatic rings. The Hall–Kier alpha value is -2.75. The average molecular weight is 405 g/mol. The number of nitrogens with two attached hydrogens (primary N) is 1. The molecule has 10 heteroatoms. The summed E-state index contributed by atoms with van der Waals surface area (Å²) in [4.78, 5) is 13.3. The fourth-order valence-corrected chi connectivity index (χ4v) is 2.96. The zero-order chi connectivity index (χ0) is 19.4. The van der Waals surface area contributed by atoms with Crippen molar-refractivity contribution in [2.75, 3.05) is 10.0 Å². The highest BCUT2D eigenvalue weighted by Crippen LogP contribution is 2.22. The molecule has 1 heterocycles. The Morgan fingerprint density at radius 1 is 1.04 bits per heavy atom. The highest BCUT2D eigenvalue weighted by molar-refractivity contribution is 7.90. The number of aromatic nitrogens is 3. The van der Waals surface area contributed by atoms with E-state index in [-0.39, 0.29) is 0 Å². The Bertz CT molecular complexity index is 1060. The normalized spacial score (nSPS) is 11.2. The van der Waals surface area contributed by atoms with Crippen LogP contribution in [0.2, 0.25) is 5.02 Å².